The van der Waals surface area contributed by atoms with Crippen molar-refractivity contribution in [1.29, 1.82) is 0 Å². The second-order valence-electron chi connectivity index (χ2n) is 3.52. The predicted octanol–water partition coefficient (Wildman–Crippen LogP) is -1.01. The summed E-state index contributed by atoms with van der Waals surface area (Å²) in [6, 6.07) is -1.42. The van der Waals surface area contributed by atoms with Gasteiger partial charge in [0.1, 0.15) is 12.6 Å². The van der Waals surface area contributed by atoms with Crippen molar-refractivity contribution in [3.8, 4) is 0 Å². The molecule has 16 heavy (non-hydrogen) atoms. The summed E-state index contributed by atoms with van der Waals surface area (Å²) < 4.78 is 0. The predicted molar refractivity (Wildman–Crippen MR) is 54.8 cm³/mol. The first kappa shape index (κ1) is 12.3. The van der Waals surface area contributed by atoms with E-state index >= 15 is 0 Å². The molecule has 1 saturated heterocycles. The molecule has 3 amide bonds. The van der Waals surface area contributed by atoms with Crippen LogP contribution in [-0.2, 0) is 9.59 Å². The average molecular weight is 229 g/mol. The van der Waals surface area contributed by atoms with Crippen molar-refractivity contribution in [3.05, 3.63) is 0 Å². The highest BCUT2D eigenvalue weighted by molar-refractivity contribution is 5.87. The molecule has 0 bridgehead atoms. The third-order valence-corrected chi connectivity index (χ3v) is 2.33. The Labute approximate surface area is 92.8 Å². The van der Waals surface area contributed by atoms with Gasteiger partial charge in [0.15, 0.2) is 0 Å². The SMILES string of the molecule is CC[C@H](NC(=O)N1CCNC(=O)C1)C(=O)O. The summed E-state index contributed by atoms with van der Waals surface area (Å²) in [7, 11) is 0. The van der Waals surface area contributed by atoms with Crippen LogP contribution < -0.4 is 10.6 Å². The van der Waals surface area contributed by atoms with E-state index in [-0.39, 0.29) is 12.5 Å². The van der Waals surface area contributed by atoms with Gasteiger partial charge in [-0.05, 0) is 6.42 Å². The van der Waals surface area contributed by atoms with E-state index in [2.05, 4.69) is 10.6 Å². The van der Waals surface area contributed by atoms with Crippen molar-refractivity contribution in [1.82, 2.24) is 15.5 Å². The molecular formula is C9H15N3O4. The lowest BCUT2D eigenvalue weighted by molar-refractivity contribution is -0.139. The van der Waals surface area contributed by atoms with Crippen molar-refractivity contribution in [2.24, 2.45) is 0 Å². The maximum absolute atomic E-state index is 11.6. The maximum atomic E-state index is 11.6. The summed E-state index contributed by atoms with van der Waals surface area (Å²) >= 11 is 0. The van der Waals surface area contributed by atoms with Crippen LogP contribution in [0.5, 0.6) is 0 Å². The minimum atomic E-state index is -1.07. The third kappa shape index (κ3) is 3.11. The normalized spacial score (nSPS) is 17.6. The zero-order chi connectivity index (χ0) is 12.1. The molecule has 0 aromatic heterocycles. The van der Waals surface area contributed by atoms with Gasteiger partial charge in [-0.3, -0.25) is 4.79 Å². The van der Waals surface area contributed by atoms with E-state index in [0.29, 0.717) is 19.5 Å². The highest BCUT2D eigenvalue weighted by atomic mass is 16.4. The maximum Gasteiger partial charge on any atom is 0.326 e. The molecule has 0 spiro atoms. The number of piperazine rings is 1. The molecule has 0 aromatic rings. The van der Waals surface area contributed by atoms with Crippen LogP contribution in [0.1, 0.15) is 13.3 Å². The van der Waals surface area contributed by atoms with Crippen LogP contribution in [0.15, 0.2) is 0 Å². The average Bonchev–Trinajstić information content (AvgIpc) is 2.25. The van der Waals surface area contributed by atoms with Gasteiger partial charge in [-0.1, -0.05) is 6.92 Å². The van der Waals surface area contributed by atoms with E-state index in [4.69, 9.17) is 5.11 Å². The van der Waals surface area contributed by atoms with E-state index in [1.165, 1.54) is 4.90 Å². The quantitative estimate of drug-likeness (QED) is 0.577. The minimum absolute atomic E-state index is 0.0259. The molecule has 90 valence electrons. The molecule has 7 nitrogen and oxygen atoms in total. The summed E-state index contributed by atoms with van der Waals surface area (Å²) in [5.41, 5.74) is 0. The fourth-order valence-electron chi connectivity index (χ4n) is 1.39. The molecule has 1 rings (SSSR count). The Kier molecular flexibility index (Phi) is 4.10. The topological polar surface area (TPSA) is 98.7 Å². The summed E-state index contributed by atoms with van der Waals surface area (Å²) in [6.45, 7) is 2.44. The van der Waals surface area contributed by atoms with E-state index in [9.17, 15) is 14.4 Å². The minimum Gasteiger partial charge on any atom is -0.480 e. The van der Waals surface area contributed by atoms with Gasteiger partial charge >= 0.3 is 12.0 Å². The number of amides is 3. The third-order valence-electron chi connectivity index (χ3n) is 2.33. The Bertz CT molecular complexity index is 305. The molecule has 1 aliphatic heterocycles. The van der Waals surface area contributed by atoms with Gasteiger partial charge in [-0.2, -0.15) is 0 Å². The van der Waals surface area contributed by atoms with Gasteiger partial charge in [-0.15, -0.1) is 0 Å². The van der Waals surface area contributed by atoms with Crippen molar-refractivity contribution < 1.29 is 19.5 Å². The summed E-state index contributed by atoms with van der Waals surface area (Å²) in [6.07, 6.45) is 0.307. The first-order chi connectivity index (χ1) is 7.54. The summed E-state index contributed by atoms with van der Waals surface area (Å²) in [5, 5.41) is 13.7. The van der Waals surface area contributed by atoms with Crippen molar-refractivity contribution in [2.75, 3.05) is 19.6 Å². The molecule has 0 saturated carbocycles. The largest absolute Gasteiger partial charge is 0.480 e. The van der Waals surface area contributed by atoms with Gasteiger partial charge in [-0.25, -0.2) is 9.59 Å². The molecule has 0 aromatic carbocycles. The van der Waals surface area contributed by atoms with Crippen LogP contribution in [0, 0.1) is 0 Å². The van der Waals surface area contributed by atoms with E-state index < -0.39 is 18.0 Å². The van der Waals surface area contributed by atoms with Crippen LogP contribution in [0.3, 0.4) is 0 Å². The van der Waals surface area contributed by atoms with Crippen LogP contribution in [0.2, 0.25) is 0 Å². The number of hydrogen-bond donors (Lipinski definition) is 3. The van der Waals surface area contributed by atoms with Gasteiger partial charge < -0.3 is 20.6 Å². The number of hydrogen-bond acceptors (Lipinski definition) is 3. The first-order valence-corrected chi connectivity index (χ1v) is 5.09. The van der Waals surface area contributed by atoms with Crippen LogP contribution >= 0.6 is 0 Å². The van der Waals surface area contributed by atoms with Crippen LogP contribution in [-0.4, -0.2) is 53.6 Å². The summed E-state index contributed by atoms with van der Waals surface area (Å²) in [5.74, 6) is -1.30. The van der Waals surface area contributed by atoms with Crippen LogP contribution in [0.4, 0.5) is 4.79 Å². The van der Waals surface area contributed by atoms with Gasteiger partial charge in [0.05, 0.1) is 0 Å². The molecule has 1 heterocycles. The van der Waals surface area contributed by atoms with Gasteiger partial charge in [0, 0.05) is 13.1 Å². The number of nitrogens with one attached hydrogen (secondary N) is 2. The Morgan fingerprint density at radius 2 is 2.31 bits per heavy atom. The number of aliphatic carboxylic acids is 1. The lowest BCUT2D eigenvalue weighted by atomic mass is 10.2. The number of carboxylic acids is 1. The van der Waals surface area contributed by atoms with E-state index in [1.54, 1.807) is 6.92 Å². The molecule has 0 unspecified atom stereocenters. The Morgan fingerprint density at radius 3 is 2.81 bits per heavy atom. The molecule has 0 aliphatic carbocycles. The molecule has 3 N–H and O–H groups in total. The van der Waals surface area contributed by atoms with Crippen LogP contribution in [0.25, 0.3) is 0 Å². The number of carbonyl (C=O) groups excluding carboxylic acids is 2. The molecule has 0 radical (unpaired) electrons. The molecule has 1 atom stereocenters. The fraction of sp³-hybridized carbons (Fsp3) is 0.667. The number of nitrogens with zero attached hydrogens (tertiary/aromatic N) is 1. The van der Waals surface area contributed by atoms with Gasteiger partial charge in [0.25, 0.3) is 0 Å². The highest BCUT2D eigenvalue weighted by Crippen LogP contribution is 1.97. The standard InChI is InChI=1S/C9H15N3O4/c1-2-6(8(14)15)11-9(16)12-4-3-10-7(13)5-12/h6H,2-5H2,1H3,(H,10,13)(H,11,16)(H,14,15)/t6-/m0/s1. The molecule has 1 fully saturated rings. The summed E-state index contributed by atoms with van der Waals surface area (Å²) in [4.78, 5) is 34.6. The number of carboxylic acid groups (broad SMARTS) is 1. The Hall–Kier alpha value is -1.79. The smallest absolute Gasteiger partial charge is 0.326 e. The monoisotopic (exact) mass is 229 g/mol. The molecular weight excluding hydrogens is 214 g/mol. The lowest BCUT2D eigenvalue weighted by Gasteiger charge is -2.27. The van der Waals surface area contributed by atoms with E-state index in [0.717, 1.165) is 0 Å². The fourth-order valence-corrected chi connectivity index (χ4v) is 1.39. The second-order valence-corrected chi connectivity index (χ2v) is 3.52. The van der Waals surface area contributed by atoms with Crippen molar-refractivity contribution in [2.45, 2.75) is 19.4 Å². The van der Waals surface area contributed by atoms with Gasteiger partial charge in [0.2, 0.25) is 5.91 Å². The Morgan fingerprint density at radius 1 is 1.62 bits per heavy atom. The Balaban J connectivity index is 2.50. The van der Waals surface area contributed by atoms with Crippen molar-refractivity contribution >= 4 is 17.9 Å². The zero-order valence-corrected chi connectivity index (χ0v) is 9.02. The van der Waals surface area contributed by atoms with Crippen molar-refractivity contribution in [3.63, 3.8) is 0 Å². The number of urea groups is 1. The van der Waals surface area contributed by atoms with E-state index in [1.807, 2.05) is 0 Å². The molecule has 1 aliphatic rings. The highest BCUT2D eigenvalue weighted by Gasteiger charge is 2.24. The lowest BCUT2D eigenvalue weighted by Crippen LogP contribution is -2.55. The number of rotatable bonds is 3. The zero-order valence-electron chi connectivity index (χ0n) is 9.02. The number of carbonyl (C=O) groups is 3. The molecule has 7 heteroatoms. The first-order valence-electron chi connectivity index (χ1n) is 5.09. The second kappa shape index (κ2) is 5.34.